The molecular formula is C25H28N4O4S. The summed E-state index contributed by atoms with van der Waals surface area (Å²) in [5.74, 6) is 1.94. The molecule has 2 aromatic carbocycles. The molecule has 178 valence electrons. The fraction of sp³-hybridized carbons (Fsp3) is 0.360. The molecule has 0 saturated heterocycles. The van der Waals surface area contributed by atoms with Gasteiger partial charge in [0.05, 0.1) is 25.7 Å². The van der Waals surface area contributed by atoms with Crippen LogP contribution in [-0.4, -0.2) is 60.3 Å². The van der Waals surface area contributed by atoms with Crippen molar-refractivity contribution in [2.45, 2.75) is 26.3 Å². The molecule has 0 spiro atoms. The first-order chi connectivity index (χ1) is 16.4. The van der Waals surface area contributed by atoms with Crippen molar-refractivity contribution in [3.05, 3.63) is 53.6 Å². The highest BCUT2D eigenvalue weighted by Gasteiger charge is 2.42. The van der Waals surface area contributed by atoms with Crippen molar-refractivity contribution in [1.29, 1.82) is 0 Å². The topological polar surface area (TPSA) is 92.6 Å². The molecule has 2 aromatic rings. The molecule has 34 heavy (non-hydrogen) atoms. The zero-order valence-electron chi connectivity index (χ0n) is 19.7. The summed E-state index contributed by atoms with van der Waals surface area (Å²) in [6.07, 6.45) is 0.655. The van der Waals surface area contributed by atoms with E-state index in [2.05, 4.69) is 10.3 Å². The average Bonchev–Trinajstić information content (AvgIpc) is 3.20. The number of methoxy groups -OCH3 is 2. The number of hydrogen-bond donors (Lipinski definition) is 1. The number of aliphatic imine (C=N–C) groups is 2. The lowest BCUT2D eigenvalue weighted by Crippen LogP contribution is -2.42. The molecule has 1 N–H and O–H groups in total. The summed E-state index contributed by atoms with van der Waals surface area (Å²) in [5, 5.41) is 3.42. The molecule has 0 saturated carbocycles. The molecule has 2 aliphatic rings. The van der Waals surface area contributed by atoms with Crippen molar-refractivity contribution < 1.29 is 19.1 Å². The summed E-state index contributed by atoms with van der Waals surface area (Å²) in [7, 11) is 3.19. The maximum absolute atomic E-state index is 13.1. The first-order valence-corrected chi connectivity index (χ1v) is 12.1. The van der Waals surface area contributed by atoms with E-state index in [1.54, 1.807) is 19.1 Å². The third kappa shape index (κ3) is 4.79. The lowest BCUT2D eigenvalue weighted by Gasteiger charge is -2.25. The van der Waals surface area contributed by atoms with Gasteiger partial charge in [0.1, 0.15) is 11.9 Å². The van der Waals surface area contributed by atoms with Crippen LogP contribution in [0.3, 0.4) is 0 Å². The number of rotatable bonds is 8. The molecule has 8 nitrogen and oxygen atoms in total. The average molecular weight is 481 g/mol. The highest BCUT2D eigenvalue weighted by Crippen LogP contribution is 2.34. The molecule has 2 amide bonds. The van der Waals surface area contributed by atoms with E-state index in [1.165, 1.54) is 11.8 Å². The van der Waals surface area contributed by atoms with Crippen LogP contribution in [0.15, 0.2) is 52.4 Å². The van der Waals surface area contributed by atoms with Gasteiger partial charge in [-0.1, -0.05) is 43.8 Å². The molecule has 0 radical (unpaired) electrons. The van der Waals surface area contributed by atoms with Crippen molar-refractivity contribution in [3.63, 3.8) is 0 Å². The second-order valence-corrected chi connectivity index (χ2v) is 9.25. The molecule has 4 rings (SSSR count). The molecule has 2 aliphatic heterocycles. The molecule has 9 heteroatoms. The highest BCUT2D eigenvalue weighted by atomic mass is 32.2. The summed E-state index contributed by atoms with van der Waals surface area (Å²) in [6, 6.07) is 12.9. The quantitative estimate of drug-likeness (QED) is 0.625. The molecule has 0 bridgehead atoms. The smallest absolute Gasteiger partial charge is 0.259 e. The summed E-state index contributed by atoms with van der Waals surface area (Å²) in [5.41, 5.74) is 2.62. The lowest BCUT2D eigenvalue weighted by molar-refractivity contribution is -0.125. The fourth-order valence-electron chi connectivity index (χ4n) is 3.86. The van der Waals surface area contributed by atoms with Crippen LogP contribution in [0.25, 0.3) is 0 Å². The van der Waals surface area contributed by atoms with Gasteiger partial charge in [-0.15, -0.1) is 0 Å². The number of benzene rings is 2. The Kier molecular flexibility index (Phi) is 7.21. The van der Waals surface area contributed by atoms with E-state index in [4.69, 9.17) is 14.5 Å². The predicted molar refractivity (Wildman–Crippen MR) is 134 cm³/mol. The van der Waals surface area contributed by atoms with Crippen LogP contribution in [0.5, 0.6) is 11.5 Å². The highest BCUT2D eigenvalue weighted by molar-refractivity contribution is 8.14. The van der Waals surface area contributed by atoms with Crippen LogP contribution in [0.2, 0.25) is 0 Å². The van der Waals surface area contributed by atoms with E-state index in [9.17, 15) is 9.59 Å². The Morgan fingerprint density at radius 1 is 1.15 bits per heavy atom. The number of ether oxygens (including phenoxy) is 2. The van der Waals surface area contributed by atoms with Gasteiger partial charge in [-0.25, -0.2) is 9.89 Å². The van der Waals surface area contributed by atoms with Crippen LogP contribution in [-0.2, 0) is 16.0 Å². The summed E-state index contributed by atoms with van der Waals surface area (Å²) in [4.78, 5) is 36.5. The number of nitrogens with zero attached hydrogens (tertiary/aromatic N) is 3. The van der Waals surface area contributed by atoms with Crippen LogP contribution < -0.4 is 14.8 Å². The minimum Gasteiger partial charge on any atom is -0.493 e. The third-order valence-corrected chi connectivity index (χ3v) is 6.59. The second-order valence-electron chi connectivity index (χ2n) is 8.30. The van der Waals surface area contributed by atoms with Crippen LogP contribution in [0.1, 0.15) is 25.0 Å². The molecule has 0 aromatic heterocycles. The summed E-state index contributed by atoms with van der Waals surface area (Å²) < 4.78 is 10.6. The summed E-state index contributed by atoms with van der Waals surface area (Å²) in [6.45, 7) is 4.44. The van der Waals surface area contributed by atoms with Crippen molar-refractivity contribution >= 4 is 40.3 Å². The van der Waals surface area contributed by atoms with E-state index in [0.717, 1.165) is 16.8 Å². The van der Waals surface area contributed by atoms with Crippen molar-refractivity contribution in [1.82, 2.24) is 10.2 Å². The number of fused-ring (bicyclic) bond motifs is 3. The van der Waals surface area contributed by atoms with Gasteiger partial charge < -0.3 is 14.8 Å². The molecule has 0 unspecified atom stereocenters. The molecule has 0 aliphatic carbocycles. The van der Waals surface area contributed by atoms with Crippen LogP contribution in [0.4, 0.5) is 5.69 Å². The van der Waals surface area contributed by atoms with Gasteiger partial charge in [-0.05, 0) is 42.2 Å². The Balaban J connectivity index is 1.38. The van der Waals surface area contributed by atoms with Crippen molar-refractivity contribution in [2.24, 2.45) is 15.9 Å². The largest absolute Gasteiger partial charge is 0.493 e. The first kappa shape index (κ1) is 23.8. The number of thioether (sulfide) groups is 1. The molecule has 1 atom stereocenters. The van der Waals surface area contributed by atoms with E-state index in [0.29, 0.717) is 35.5 Å². The molecule has 0 fully saturated rings. The standard InChI is InChI=1S/C25H28N4O4S/c1-15(2)22-24(31)29-23(28-22)17-7-5-6-8-18(17)27-25(29)34-14-21(30)26-12-11-16-9-10-19(32-3)20(13-16)33-4/h5-10,13,15,22H,11-12,14H2,1-4H3,(H,26,30)/t22-/m0/s1. The minimum absolute atomic E-state index is 0.0730. The lowest BCUT2D eigenvalue weighted by atomic mass is 10.1. The number of nitrogens with one attached hydrogen (secondary N) is 1. The number of para-hydroxylation sites is 1. The van der Waals surface area contributed by atoms with Gasteiger partial charge in [0, 0.05) is 12.1 Å². The fourth-order valence-corrected chi connectivity index (χ4v) is 4.69. The number of carbonyl (C=O) groups is 2. The Hall–Kier alpha value is -3.33. The monoisotopic (exact) mass is 480 g/mol. The molecule has 2 heterocycles. The van der Waals surface area contributed by atoms with Gasteiger partial charge >= 0.3 is 0 Å². The van der Waals surface area contributed by atoms with Gasteiger partial charge in [0.15, 0.2) is 16.7 Å². The second kappa shape index (κ2) is 10.3. The Morgan fingerprint density at radius 3 is 2.65 bits per heavy atom. The van der Waals surface area contributed by atoms with Crippen molar-refractivity contribution in [3.8, 4) is 11.5 Å². The Bertz CT molecular complexity index is 1160. The third-order valence-electron chi connectivity index (χ3n) is 5.65. The molecular weight excluding hydrogens is 452 g/mol. The maximum atomic E-state index is 13.1. The van der Waals surface area contributed by atoms with Gasteiger partial charge in [0.25, 0.3) is 5.91 Å². The zero-order chi connectivity index (χ0) is 24.2. The SMILES string of the molecule is COc1ccc(CCNC(=O)CSC2=Nc3ccccc3C3=N[C@@H](C(C)C)C(=O)N23)cc1OC. The summed E-state index contributed by atoms with van der Waals surface area (Å²) >= 11 is 1.25. The number of amides is 2. The maximum Gasteiger partial charge on any atom is 0.259 e. The van der Waals surface area contributed by atoms with E-state index in [-0.39, 0.29) is 23.5 Å². The first-order valence-electron chi connectivity index (χ1n) is 11.1. The van der Waals surface area contributed by atoms with E-state index >= 15 is 0 Å². The number of amidine groups is 2. The predicted octanol–water partition coefficient (Wildman–Crippen LogP) is 3.41. The minimum atomic E-state index is -0.442. The van der Waals surface area contributed by atoms with E-state index in [1.807, 2.05) is 56.3 Å². The van der Waals surface area contributed by atoms with Gasteiger partial charge in [0.2, 0.25) is 5.91 Å². The van der Waals surface area contributed by atoms with Gasteiger partial charge in [-0.3, -0.25) is 14.6 Å². The number of hydrogen-bond acceptors (Lipinski definition) is 7. The Labute approximate surface area is 203 Å². The zero-order valence-corrected chi connectivity index (χ0v) is 20.5. The Morgan fingerprint density at radius 2 is 1.91 bits per heavy atom. The normalized spacial score (nSPS) is 16.6. The number of carbonyl (C=O) groups excluding carboxylic acids is 2. The van der Waals surface area contributed by atoms with E-state index < -0.39 is 6.04 Å². The van der Waals surface area contributed by atoms with Crippen molar-refractivity contribution in [2.75, 3.05) is 26.5 Å². The van der Waals surface area contributed by atoms with Gasteiger partial charge in [-0.2, -0.15) is 0 Å². The van der Waals surface area contributed by atoms with Crippen LogP contribution >= 0.6 is 11.8 Å². The van der Waals surface area contributed by atoms with Crippen LogP contribution in [0, 0.1) is 5.92 Å².